The first-order chi connectivity index (χ1) is 7.72. The predicted molar refractivity (Wildman–Crippen MR) is 65.5 cm³/mol. The molecule has 3 fully saturated rings. The van der Waals surface area contributed by atoms with E-state index in [1.807, 2.05) is 16.7 Å². The first-order valence-electron chi connectivity index (χ1n) is 6.10. The maximum atomic E-state index is 11.6. The van der Waals surface area contributed by atoms with Gasteiger partial charge in [-0.25, -0.2) is 4.79 Å². The number of piperazine rings is 1. The van der Waals surface area contributed by atoms with Gasteiger partial charge in [-0.05, 0) is 36.7 Å². The Bertz CT molecular complexity index is 306. The van der Waals surface area contributed by atoms with Crippen molar-refractivity contribution in [1.82, 2.24) is 10.2 Å². The van der Waals surface area contributed by atoms with Crippen LogP contribution in [0.25, 0.3) is 0 Å². The molecule has 16 heavy (non-hydrogen) atoms. The van der Waals surface area contributed by atoms with E-state index in [0.717, 1.165) is 19.5 Å². The van der Waals surface area contributed by atoms with Crippen LogP contribution in [-0.2, 0) is 0 Å². The third-order valence-electron chi connectivity index (χ3n) is 4.48. The fourth-order valence-corrected chi connectivity index (χ4v) is 4.81. The second-order valence-electron chi connectivity index (χ2n) is 5.22. The van der Waals surface area contributed by atoms with E-state index in [2.05, 4.69) is 5.32 Å². The van der Waals surface area contributed by atoms with Crippen LogP contribution in [0, 0.1) is 5.92 Å². The summed E-state index contributed by atoms with van der Waals surface area (Å²) in [7, 11) is 0. The zero-order valence-corrected chi connectivity index (χ0v) is 10.3. The van der Waals surface area contributed by atoms with Crippen LogP contribution in [0.3, 0.4) is 0 Å². The van der Waals surface area contributed by atoms with E-state index in [-0.39, 0.29) is 11.6 Å². The van der Waals surface area contributed by atoms with Crippen molar-refractivity contribution >= 4 is 17.8 Å². The largest absolute Gasteiger partial charge is 0.351 e. The second kappa shape index (κ2) is 3.81. The number of primary amides is 1. The lowest BCUT2D eigenvalue weighted by atomic mass is 9.79. The Morgan fingerprint density at radius 2 is 2.19 bits per heavy atom. The standard InChI is InChI=1S/C11H19N3OS/c12-10(15)14-6-9-5-11(14,7-13-9)8-1-3-16-4-2-8/h8-9,13H,1-7H2,(H2,12,15). The summed E-state index contributed by atoms with van der Waals surface area (Å²) in [5.74, 6) is 3.13. The fourth-order valence-electron chi connectivity index (χ4n) is 3.70. The Labute approximate surface area is 100 Å². The number of amides is 2. The Morgan fingerprint density at radius 3 is 2.81 bits per heavy atom. The lowest BCUT2D eigenvalue weighted by molar-refractivity contribution is 0.0934. The van der Waals surface area contributed by atoms with Crippen LogP contribution in [-0.4, -0.2) is 47.1 Å². The van der Waals surface area contributed by atoms with Gasteiger partial charge in [0.05, 0.1) is 5.54 Å². The van der Waals surface area contributed by atoms with Gasteiger partial charge in [0.2, 0.25) is 0 Å². The van der Waals surface area contributed by atoms with E-state index in [9.17, 15) is 4.79 Å². The summed E-state index contributed by atoms with van der Waals surface area (Å²) in [5, 5.41) is 3.52. The number of carbonyl (C=O) groups excluding carboxylic acids is 1. The molecule has 3 aliphatic heterocycles. The first-order valence-corrected chi connectivity index (χ1v) is 7.26. The molecule has 3 saturated heterocycles. The summed E-state index contributed by atoms with van der Waals surface area (Å²) in [6.07, 6.45) is 3.59. The van der Waals surface area contributed by atoms with Gasteiger partial charge in [-0.3, -0.25) is 0 Å². The maximum absolute atomic E-state index is 11.6. The molecule has 0 saturated carbocycles. The van der Waals surface area contributed by atoms with Crippen molar-refractivity contribution in [2.24, 2.45) is 11.7 Å². The van der Waals surface area contributed by atoms with Gasteiger partial charge in [0, 0.05) is 19.1 Å². The molecular formula is C11H19N3OS. The Balaban J connectivity index is 1.85. The minimum absolute atomic E-state index is 0.0531. The molecule has 2 bridgehead atoms. The first kappa shape index (κ1) is 10.7. The number of nitrogens with one attached hydrogen (secondary N) is 1. The summed E-state index contributed by atoms with van der Waals surface area (Å²) in [6.45, 7) is 1.77. The van der Waals surface area contributed by atoms with Crippen molar-refractivity contribution < 1.29 is 4.79 Å². The number of likely N-dealkylation sites (tertiary alicyclic amines) is 1. The minimum atomic E-state index is -0.220. The summed E-state index contributed by atoms with van der Waals surface area (Å²) in [6, 6.07) is 0.268. The van der Waals surface area contributed by atoms with Gasteiger partial charge in [0.1, 0.15) is 0 Å². The molecule has 0 aromatic rings. The van der Waals surface area contributed by atoms with Crippen molar-refractivity contribution in [2.45, 2.75) is 30.8 Å². The normalized spacial score (nSPS) is 39.2. The van der Waals surface area contributed by atoms with Gasteiger partial charge in [-0.1, -0.05) is 0 Å². The van der Waals surface area contributed by atoms with Crippen LogP contribution >= 0.6 is 11.8 Å². The van der Waals surface area contributed by atoms with E-state index in [0.29, 0.717) is 12.0 Å². The van der Waals surface area contributed by atoms with Gasteiger partial charge in [-0.2, -0.15) is 11.8 Å². The quantitative estimate of drug-likeness (QED) is 0.708. The molecule has 90 valence electrons. The average molecular weight is 241 g/mol. The van der Waals surface area contributed by atoms with E-state index in [1.54, 1.807) is 0 Å². The average Bonchev–Trinajstić information content (AvgIpc) is 2.89. The highest BCUT2D eigenvalue weighted by Crippen LogP contribution is 2.45. The lowest BCUT2D eigenvalue weighted by Crippen LogP contribution is -2.60. The highest BCUT2D eigenvalue weighted by atomic mass is 32.2. The second-order valence-corrected chi connectivity index (χ2v) is 6.45. The molecule has 0 aromatic heterocycles. The summed E-state index contributed by atoms with van der Waals surface area (Å²) in [4.78, 5) is 13.5. The molecule has 0 spiro atoms. The molecule has 0 aliphatic carbocycles. The van der Waals surface area contributed by atoms with E-state index < -0.39 is 0 Å². The molecule has 3 N–H and O–H groups in total. The van der Waals surface area contributed by atoms with Crippen LogP contribution in [0.1, 0.15) is 19.3 Å². The zero-order chi connectivity index (χ0) is 11.2. The summed E-state index contributed by atoms with van der Waals surface area (Å²) < 4.78 is 0. The van der Waals surface area contributed by atoms with Crippen molar-refractivity contribution in [2.75, 3.05) is 24.6 Å². The van der Waals surface area contributed by atoms with Gasteiger partial charge >= 0.3 is 6.03 Å². The SMILES string of the molecule is NC(=O)N1CC2CC1(C1CCSCC1)CN2. The number of carbonyl (C=O) groups is 1. The molecule has 0 radical (unpaired) electrons. The molecule has 3 rings (SSSR count). The molecule has 3 aliphatic rings. The predicted octanol–water partition coefficient (Wildman–Crippen LogP) is 0.625. The highest BCUT2D eigenvalue weighted by molar-refractivity contribution is 7.99. The zero-order valence-electron chi connectivity index (χ0n) is 9.45. The van der Waals surface area contributed by atoms with Gasteiger partial charge in [0.15, 0.2) is 0 Å². The molecule has 2 unspecified atom stereocenters. The Kier molecular flexibility index (Phi) is 2.55. The highest BCUT2D eigenvalue weighted by Gasteiger charge is 2.56. The van der Waals surface area contributed by atoms with Crippen LogP contribution < -0.4 is 11.1 Å². The number of nitrogens with two attached hydrogens (primary N) is 1. The van der Waals surface area contributed by atoms with Gasteiger partial charge in [0.25, 0.3) is 0 Å². The van der Waals surface area contributed by atoms with Crippen LogP contribution in [0.4, 0.5) is 4.79 Å². The van der Waals surface area contributed by atoms with Crippen LogP contribution in [0.2, 0.25) is 0 Å². The topological polar surface area (TPSA) is 58.4 Å². The molecule has 4 nitrogen and oxygen atoms in total. The number of thioether (sulfide) groups is 1. The third-order valence-corrected chi connectivity index (χ3v) is 5.53. The van der Waals surface area contributed by atoms with Crippen molar-refractivity contribution in [1.29, 1.82) is 0 Å². The van der Waals surface area contributed by atoms with Crippen molar-refractivity contribution in [3.05, 3.63) is 0 Å². The smallest absolute Gasteiger partial charge is 0.315 e. The lowest BCUT2D eigenvalue weighted by Gasteiger charge is -2.45. The van der Waals surface area contributed by atoms with E-state index in [4.69, 9.17) is 5.73 Å². The Morgan fingerprint density at radius 1 is 1.44 bits per heavy atom. The van der Waals surface area contributed by atoms with E-state index in [1.165, 1.54) is 24.3 Å². The van der Waals surface area contributed by atoms with Crippen LogP contribution in [0.5, 0.6) is 0 Å². The summed E-state index contributed by atoms with van der Waals surface area (Å²) >= 11 is 2.03. The monoisotopic (exact) mass is 241 g/mol. The number of hydrogen-bond donors (Lipinski definition) is 2. The van der Waals surface area contributed by atoms with Crippen molar-refractivity contribution in [3.8, 4) is 0 Å². The number of fused-ring (bicyclic) bond motifs is 2. The summed E-state index contributed by atoms with van der Waals surface area (Å²) in [5.41, 5.74) is 5.58. The minimum Gasteiger partial charge on any atom is -0.351 e. The van der Waals surface area contributed by atoms with Gasteiger partial charge < -0.3 is 16.0 Å². The number of urea groups is 1. The third kappa shape index (κ3) is 1.44. The molecule has 2 atom stereocenters. The molecule has 3 heterocycles. The molecule has 0 aromatic carbocycles. The number of hydrogen-bond acceptors (Lipinski definition) is 3. The van der Waals surface area contributed by atoms with Crippen LogP contribution in [0.15, 0.2) is 0 Å². The van der Waals surface area contributed by atoms with Gasteiger partial charge in [-0.15, -0.1) is 0 Å². The number of rotatable bonds is 1. The molecular weight excluding hydrogens is 222 g/mol. The number of nitrogens with zero attached hydrogens (tertiary/aromatic N) is 1. The Hall–Kier alpha value is -0.420. The molecule has 2 amide bonds. The molecule has 5 heteroatoms. The van der Waals surface area contributed by atoms with Crippen molar-refractivity contribution in [3.63, 3.8) is 0 Å². The fraction of sp³-hybridized carbons (Fsp3) is 0.909. The van der Waals surface area contributed by atoms with E-state index >= 15 is 0 Å². The maximum Gasteiger partial charge on any atom is 0.315 e.